The molecule has 1 N–H and O–H groups in total. The van der Waals surface area contributed by atoms with Crippen molar-refractivity contribution < 1.29 is 22.7 Å². The molecule has 0 saturated heterocycles. The maximum absolute atomic E-state index is 14.7. The van der Waals surface area contributed by atoms with Crippen molar-refractivity contribution in [3.8, 4) is 5.75 Å². The molecule has 0 spiro atoms. The molecule has 1 atom stereocenters. The van der Waals surface area contributed by atoms with Gasteiger partial charge in [-0.25, -0.2) is 8.42 Å². The van der Waals surface area contributed by atoms with Crippen LogP contribution in [0.2, 0.25) is 15.1 Å². The summed E-state index contributed by atoms with van der Waals surface area (Å²) in [6, 6.07) is 25.4. The van der Waals surface area contributed by atoms with Crippen LogP contribution in [0, 0.1) is 5.92 Å². The van der Waals surface area contributed by atoms with Crippen molar-refractivity contribution in [1.29, 1.82) is 0 Å². The molecule has 4 aromatic carbocycles. The molecule has 0 bridgehead atoms. The summed E-state index contributed by atoms with van der Waals surface area (Å²) in [5.41, 5.74) is 1.26. The molecule has 248 valence electrons. The van der Waals surface area contributed by atoms with E-state index >= 15 is 0 Å². The zero-order valence-corrected chi connectivity index (χ0v) is 29.3. The van der Waals surface area contributed by atoms with Crippen LogP contribution in [-0.2, 0) is 32.6 Å². The molecule has 4 aromatic rings. The molecule has 0 aliphatic carbocycles. The van der Waals surface area contributed by atoms with Crippen LogP contribution in [0.25, 0.3) is 0 Å². The Balaban J connectivity index is 1.87. The predicted molar refractivity (Wildman–Crippen MR) is 188 cm³/mol. The van der Waals surface area contributed by atoms with Crippen molar-refractivity contribution in [1.82, 2.24) is 10.2 Å². The smallest absolute Gasteiger partial charge is 0.264 e. The van der Waals surface area contributed by atoms with E-state index in [1.807, 2.05) is 44.2 Å². The van der Waals surface area contributed by atoms with E-state index in [0.29, 0.717) is 22.2 Å². The Hall–Kier alpha value is -3.76. The molecule has 0 aliphatic rings. The quantitative estimate of drug-likeness (QED) is 0.148. The lowest BCUT2D eigenvalue weighted by Crippen LogP contribution is -2.53. The number of amides is 2. The Kier molecular flexibility index (Phi) is 12.6. The lowest BCUT2D eigenvalue weighted by atomic mass is 10.0. The lowest BCUT2D eigenvalue weighted by molar-refractivity contribution is -0.140. The number of nitrogens with zero attached hydrogens (tertiary/aromatic N) is 2. The second-order valence-corrected chi connectivity index (χ2v) is 14.3. The van der Waals surface area contributed by atoms with Gasteiger partial charge in [-0.1, -0.05) is 103 Å². The number of methoxy groups -OCH3 is 1. The van der Waals surface area contributed by atoms with Crippen molar-refractivity contribution >= 4 is 62.3 Å². The normalized spacial score (nSPS) is 12.0. The van der Waals surface area contributed by atoms with Gasteiger partial charge in [-0.15, -0.1) is 0 Å². The molecular weight excluding hydrogens is 681 g/mol. The molecule has 12 heteroatoms. The summed E-state index contributed by atoms with van der Waals surface area (Å²) in [6.45, 7) is 3.43. The topological polar surface area (TPSA) is 96.0 Å². The van der Waals surface area contributed by atoms with Gasteiger partial charge in [-0.2, -0.15) is 0 Å². The van der Waals surface area contributed by atoms with Crippen LogP contribution in [0.3, 0.4) is 0 Å². The molecule has 0 saturated carbocycles. The molecule has 2 amide bonds. The van der Waals surface area contributed by atoms with Gasteiger partial charge in [-0.3, -0.25) is 13.9 Å². The van der Waals surface area contributed by atoms with E-state index in [1.54, 1.807) is 42.5 Å². The highest BCUT2D eigenvalue weighted by molar-refractivity contribution is 7.92. The maximum Gasteiger partial charge on any atom is 0.264 e. The molecule has 0 aliphatic heterocycles. The molecule has 0 unspecified atom stereocenters. The van der Waals surface area contributed by atoms with Gasteiger partial charge in [0.15, 0.2) is 0 Å². The number of halogens is 3. The zero-order valence-electron chi connectivity index (χ0n) is 26.2. The number of hydrogen-bond acceptors (Lipinski definition) is 5. The Morgan fingerprint density at radius 3 is 2.06 bits per heavy atom. The first-order valence-corrected chi connectivity index (χ1v) is 17.4. The summed E-state index contributed by atoms with van der Waals surface area (Å²) in [6.07, 6.45) is 0.143. The van der Waals surface area contributed by atoms with Crippen LogP contribution < -0.4 is 14.4 Å². The SMILES string of the molecule is COc1ccc(Cl)cc1N(CC(=O)N(Cc1c(Cl)cccc1Cl)[C@H](Cc1ccccc1)C(=O)NCC(C)C)S(=O)(=O)c1ccccc1. The van der Waals surface area contributed by atoms with Gasteiger partial charge in [0.05, 0.1) is 17.7 Å². The molecule has 4 rings (SSSR count). The Morgan fingerprint density at radius 1 is 0.851 bits per heavy atom. The fraction of sp³-hybridized carbons (Fsp3) is 0.257. The van der Waals surface area contributed by atoms with E-state index in [0.717, 1.165) is 9.87 Å². The predicted octanol–water partition coefficient (Wildman–Crippen LogP) is 7.26. The maximum atomic E-state index is 14.7. The number of ether oxygens (including phenoxy) is 1. The van der Waals surface area contributed by atoms with E-state index in [2.05, 4.69) is 5.32 Å². The van der Waals surface area contributed by atoms with Crippen molar-refractivity contribution in [2.75, 3.05) is 24.5 Å². The van der Waals surface area contributed by atoms with Gasteiger partial charge < -0.3 is 15.0 Å². The van der Waals surface area contributed by atoms with Crippen LogP contribution in [0.5, 0.6) is 5.75 Å². The van der Waals surface area contributed by atoms with Crippen LogP contribution in [-0.4, -0.2) is 51.4 Å². The Bertz CT molecular complexity index is 1770. The second kappa shape index (κ2) is 16.4. The number of sulfonamides is 1. The van der Waals surface area contributed by atoms with Gasteiger partial charge in [0.25, 0.3) is 10.0 Å². The highest BCUT2D eigenvalue weighted by Gasteiger charge is 2.36. The van der Waals surface area contributed by atoms with E-state index in [4.69, 9.17) is 39.5 Å². The average molecular weight is 717 g/mol. The Morgan fingerprint density at radius 2 is 1.47 bits per heavy atom. The summed E-state index contributed by atoms with van der Waals surface area (Å²) in [4.78, 5) is 29.9. The van der Waals surface area contributed by atoms with Gasteiger partial charge >= 0.3 is 0 Å². The number of anilines is 1. The molecule has 0 fully saturated rings. The van der Waals surface area contributed by atoms with E-state index < -0.39 is 34.4 Å². The summed E-state index contributed by atoms with van der Waals surface area (Å²) in [5.74, 6) is -0.766. The first-order chi connectivity index (χ1) is 22.4. The molecule has 0 heterocycles. The van der Waals surface area contributed by atoms with E-state index in [1.165, 1.54) is 36.3 Å². The van der Waals surface area contributed by atoms with Gasteiger partial charge in [-0.05, 0) is 53.9 Å². The molecule has 8 nitrogen and oxygen atoms in total. The standard InChI is InChI=1S/C35H36Cl3N3O5S/c1-24(2)21-39-35(43)32(19-25-11-6-4-7-12-25)40(22-28-29(37)15-10-16-30(28)38)34(42)23-41(31-20-26(36)17-18-33(31)46-3)47(44,45)27-13-8-5-9-14-27/h4-18,20,24,32H,19,21-23H2,1-3H3,(H,39,43)/t32-/m1/s1. The number of nitrogens with one attached hydrogen (secondary N) is 1. The van der Waals surface area contributed by atoms with Crippen LogP contribution in [0.1, 0.15) is 25.0 Å². The second-order valence-electron chi connectivity index (χ2n) is 11.2. The fourth-order valence-corrected chi connectivity index (χ4v) is 7.04. The van der Waals surface area contributed by atoms with Crippen molar-refractivity contribution in [3.63, 3.8) is 0 Å². The number of rotatable bonds is 14. The summed E-state index contributed by atoms with van der Waals surface area (Å²) in [7, 11) is -2.96. The molecule has 0 radical (unpaired) electrons. The minimum atomic E-state index is -4.35. The molecule has 47 heavy (non-hydrogen) atoms. The highest BCUT2D eigenvalue weighted by Crippen LogP contribution is 2.35. The number of carbonyl (C=O) groups is 2. The monoisotopic (exact) mass is 715 g/mol. The third kappa shape index (κ3) is 9.20. The first kappa shape index (κ1) is 36.1. The largest absolute Gasteiger partial charge is 0.495 e. The lowest BCUT2D eigenvalue weighted by Gasteiger charge is -2.34. The first-order valence-electron chi connectivity index (χ1n) is 14.9. The summed E-state index contributed by atoms with van der Waals surface area (Å²) >= 11 is 19.5. The highest BCUT2D eigenvalue weighted by atomic mass is 35.5. The number of benzene rings is 4. The van der Waals surface area contributed by atoms with Gasteiger partial charge in [0, 0.05) is 40.1 Å². The average Bonchev–Trinajstić information content (AvgIpc) is 3.06. The van der Waals surface area contributed by atoms with Crippen LogP contribution >= 0.6 is 34.8 Å². The number of carbonyl (C=O) groups excluding carboxylic acids is 2. The molecule has 0 aromatic heterocycles. The zero-order chi connectivity index (χ0) is 34.1. The number of hydrogen-bond donors (Lipinski definition) is 1. The minimum Gasteiger partial charge on any atom is -0.495 e. The van der Waals surface area contributed by atoms with Crippen molar-refractivity contribution in [2.24, 2.45) is 5.92 Å². The molecular formula is C35H36Cl3N3O5S. The minimum absolute atomic E-state index is 0.0500. The fourth-order valence-electron chi connectivity index (χ4n) is 4.92. The summed E-state index contributed by atoms with van der Waals surface area (Å²) < 4.78 is 34.9. The van der Waals surface area contributed by atoms with Gasteiger partial charge in [0.2, 0.25) is 11.8 Å². The van der Waals surface area contributed by atoms with Gasteiger partial charge in [0.1, 0.15) is 18.3 Å². The summed E-state index contributed by atoms with van der Waals surface area (Å²) in [5, 5.41) is 3.77. The van der Waals surface area contributed by atoms with Crippen LogP contribution in [0.4, 0.5) is 5.69 Å². The third-order valence-electron chi connectivity index (χ3n) is 7.37. The van der Waals surface area contributed by atoms with Crippen LogP contribution in [0.15, 0.2) is 102 Å². The van der Waals surface area contributed by atoms with Crippen molar-refractivity contribution in [2.45, 2.75) is 37.8 Å². The van der Waals surface area contributed by atoms with Crippen molar-refractivity contribution in [3.05, 3.63) is 123 Å². The van der Waals surface area contributed by atoms with E-state index in [-0.39, 0.29) is 40.2 Å². The van der Waals surface area contributed by atoms with E-state index in [9.17, 15) is 18.0 Å². The Labute approximate surface area is 291 Å². The third-order valence-corrected chi connectivity index (χ3v) is 10.1.